The number of aryl methyl sites for hydroxylation is 1. The Morgan fingerprint density at radius 1 is 1.22 bits per heavy atom. The summed E-state index contributed by atoms with van der Waals surface area (Å²) in [6, 6.07) is 7.94. The van der Waals surface area contributed by atoms with Crippen LogP contribution in [0.25, 0.3) is 0 Å². The average molecular weight is 242 g/mol. The van der Waals surface area contributed by atoms with Crippen LogP contribution >= 0.6 is 0 Å². The van der Waals surface area contributed by atoms with Crippen LogP contribution in [-0.2, 0) is 6.54 Å². The Morgan fingerprint density at radius 2 is 2.00 bits per heavy atom. The zero-order valence-electron chi connectivity index (χ0n) is 10.8. The van der Waals surface area contributed by atoms with Gasteiger partial charge in [-0.3, -0.25) is 4.98 Å². The van der Waals surface area contributed by atoms with Crippen molar-refractivity contribution in [2.45, 2.75) is 20.4 Å². The third-order valence-corrected chi connectivity index (χ3v) is 2.86. The van der Waals surface area contributed by atoms with Gasteiger partial charge < -0.3 is 10.6 Å². The molecule has 2 rings (SSSR count). The van der Waals surface area contributed by atoms with E-state index in [1.54, 1.807) is 12.4 Å². The summed E-state index contributed by atoms with van der Waals surface area (Å²) in [5, 5.41) is 0. The monoisotopic (exact) mass is 242 g/mol. The number of hydrogen-bond donors (Lipinski definition) is 1. The van der Waals surface area contributed by atoms with E-state index in [-0.39, 0.29) is 0 Å². The highest BCUT2D eigenvalue weighted by molar-refractivity contribution is 5.46. The highest BCUT2D eigenvalue weighted by Crippen LogP contribution is 2.17. The summed E-state index contributed by atoms with van der Waals surface area (Å²) < 4.78 is 0. The molecule has 0 saturated carbocycles. The Bertz CT molecular complexity index is 525. The molecule has 0 radical (unpaired) electrons. The molecule has 0 bridgehead atoms. The summed E-state index contributed by atoms with van der Waals surface area (Å²) in [6.07, 6.45) is 3.44. The molecule has 0 aliphatic carbocycles. The van der Waals surface area contributed by atoms with Crippen molar-refractivity contribution in [3.05, 3.63) is 47.9 Å². The van der Waals surface area contributed by atoms with E-state index in [1.807, 2.05) is 25.1 Å². The maximum atomic E-state index is 5.80. The molecule has 0 aliphatic rings. The Balaban J connectivity index is 2.23. The van der Waals surface area contributed by atoms with Gasteiger partial charge in [0.2, 0.25) is 0 Å². The van der Waals surface area contributed by atoms with Gasteiger partial charge in [0, 0.05) is 31.2 Å². The first-order chi connectivity index (χ1) is 8.70. The van der Waals surface area contributed by atoms with Crippen molar-refractivity contribution in [1.29, 1.82) is 0 Å². The third kappa shape index (κ3) is 2.77. The lowest BCUT2D eigenvalue weighted by Gasteiger charge is -2.23. The van der Waals surface area contributed by atoms with Crippen molar-refractivity contribution in [3.63, 3.8) is 0 Å². The number of rotatable bonds is 4. The Hall–Kier alpha value is -2.10. The number of anilines is 2. The van der Waals surface area contributed by atoms with E-state index in [4.69, 9.17) is 5.73 Å². The number of benzene rings is 1. The molecule has 0 spiro atoms. The quantitative estimate of drug-likeness (QED) is 0.836. The molecule has 94 valence electrons. The minimum absolute atomic E-state index is 0.791. The molecule has 1 aromatic carbocycles. The molecule has 0 saturated heterocycles. The Morgan fingerprint density at radius 3 is 2.67 bits per heavy atom. The van der Waals surface area contributed by atoms with Crippen LogP contribution in [0.4, 0.5) is 11.5 Å². The molecule has 1 heterocycles. The van der Waals surface area contributed by atoms with Crippen molar-refractivity contribution in [1.82, 2.24) is 9.97 Å². The summed E-state index contributed by atoms with van der Waals surface area (Å²) in [5.41, 5.74) is 8.72. The summed E-state index contributed by atoms with van der Waals surface area (Å²) in [4.78, 5) is 10.9. The second kappa shape index (κ2) is 5.49. The predicted octanol–water partition coefficient (Wildman–Crippen LogP) is 2.39. The molecule has 0 aliphatic heterocycles. The van der Waals surface area contributed by atoms with Gasteiger partial charge in [-0.15, -0.1) is 0 Å². The van der Waals surface area contributed by atoms with Gasteiger partial charge in [-0.1, -0.05) is 12.1 Å². The lowest BCUT2D eigenvalue weighted by Crippen LogP contribution is -2.24. The first kappa shape index (κ1) is 12.4. The zero-order chi connectivity index (χ0) is 13.0. The fourth-order valence-electron chi connectivity index (χ4n) is 1.96. The SMILES string of the molecule is CCN(Cc1cccc(N)c1)c1nccnc1C. The van der Waals surface area contributed by atoms with Crippen molar-refractivity contribution >= 4 is 11.5 Å². The largest absolute Gasteiger partial charge is 0.399 e. The molecule has 2 aromatic rings. The molecule has 4 nitrogen and oxygen atoms in total. The van der Waals surface area contributed by atoms with Crippen LogP contribution in [0.3, 0.4) is 0 Å². The second-order valence-electron chi connectivity index (χ2n) is 4.22. The lowest BCUT2D eigenvalue weighted by atomic mass is 10.2. The maximum Gasteiger partial charge on any atom is 0.150 e. The molecular formula is C14H18N4. The van der Waals surface area contributed by atoms with E-state index >= 15 is 0 Å². The first-order valence-corrected chi connectivity index (χ1v) is 6.07. The molecule has 2 N–H and O–H groups in total. The van der Waals surface area contributed by atoms with Crippen LogP contribution < -0.4 is 10.6 Å². The molecule has 1 aromatic heterocycles. The van der Waals surface area contributed by atoms with E-state index in [2.05, 4.69) is 27.9 Å². The van der Waals surface area contributed by atoms with E-state index < -0.39 is 0 Å². The van der Waals surface area contributed by atoms with Crippen LogP contribution in [-0.4, -0.2) is 16.5 Å². The molecule has 4 heteroatoms. The minimum atomic E-state index is 0.791. The standard InChI is InChI=1S/C14H18N4/c1-3-18(14-11(2)16-7-8-17-14)10-12-5-4-6-13(15)9-12/h4-9H,3,10,15H2,1-2H3. The second-order valence-corrected chi connectivity index (χ2v) is 4.22. The Kier molecular flexibility index (Phi) is 3.77. The highest BCUT2D eigenvalue weighted by Gasteiger charge is 2.09. The summed E-state index contributed by atoms with van der Waals surface area (Å²) >= 11 is 0. The minimum Gasteiger partial charge on any atom is -0.399 e. The van der Waals surface area contributed by atoms with Crippen molar-refractivity contribution in [2.24, 2.45) is 0 Å². The molecule has 0 atom stereocenters. The Labute approximate surface area is 107 Å². The topological polar surface area (TPSA) is 55.0 Å². The van der Waals surface area contributed by atoms with E-state index in [1.165, 1.54) is 5.56 Å². The van der Waals surface area contributed by atoms with Gasteiger partial charge in [-0.05, 0) is 31.5 Å². The normalized spacial score (nSPS) is 10.3. The van der Waals surface area contributed by atoms with E-state index in [0.29, 0.717) is 0 Å². The van der Waals surface area contributed by atoms with Crippen molar-refractivity contribution in [3.8, 4) is 0 Å². The van der Waals surface area contributed by atoms with E-state index in [0.717, 1.165) is 30.3 Å². The van der Waals surface area contributed by atoms with Crippen LogP contribution in [0.15, 0.2) is 36.7 Å². The van der Waals surface area contributed by atoms with Crippen LogP contribution in [0.1, 0.15) is 18.2 Å². The van der Waals surface area contributed by atoms with Crippen LogP contribution in [0.2, 0.25) is 0 Å². The fourth-order valence-corrected chi connectivity index (χ4v) is 1.96. The summed E-state index contributed by atoms with van der Waals surface area (Å²) in [5.74, 6) is 0.933. The fraction of sp³-hybridized carbons (Fsp3) is 0.286. The number of nitrogens with two attached hydrogens (primary N) is 1. The van der Waals surface area contributed by atoms with Gasteiger partial charge in [-0.2, -0.15) is 0 Å². The predicted molar refractivity (Wildman–Crippen MR) is 74.3 cm³/mol. The number of hydrogen-bond acceptors (Lipinski definition) is 4. The van der Waals surface area contributed by atoms with E-state index in [9.17, 15) is 0 Å². The first-order valence-electron chi connectivity index (χ1n) is 6.07. The van der Waals surface area contributed by atoms with Gasteiger partial charge in [0.15, 0.2) is 0 Å². The zero-order valence-corrected chi connectivity index (χ0v) is 10.8. The molecule has 18 heavy (non-hydrogen) atoms. The van der Waals surface area contributed by atoms with Gasteiger partial charge >= 0.3 is 0 Å². The van der Waals surface area contributed by atoms with Crippen LogP contribution in [0.5, 0.6) is 0 Å². The molecular weight excluding hydrogens is 224 g/mol. The smallest absolute Gasteiger partial charge is 0.150 e. The van der Waals surface area contributed by atoms with Crippen molar-refractivity contribution in [2.75, 3.05) is 17.2 Å². The van der Waals surface area contributed by atoms with Gasteiger partial charge in [0.1, 0.15) is 5.82 Å². The van der Waals surface area contributed by atoms with Crippen LogP contribution in [0, 0.1) is 6.92 Å². The van der Waals surface area contributed by atoms with Gasteiger partial charge in [0.05, 0.1) is 5.69 Å². The van der Waals surface area contributed by atoms with Gasteiger partial charge in [-0.25, -0.2) is 4.98 Å². The highest BCUT2D eigenvalue weighted by atomic mass is 15.2. The molecule has 0 amide bonds. The summed E-state index contributed by atoms with van der Waals surface area (Å²) in [7, 11) is 0. The maximum absolute atomic E-state index is 5.80. The average Bonchev–Trinajstić information content (AvgIpc) is 2.37. The lowest BCUT2D eigenvalue weighted by molar-refractivity contribution is 0.801. The molecule has 0 fully saturated rings. The molecule has 0 unspecified atom stereocenters. The number of nitrogen functional groups attached to an aromatic ring is 1. The number of nitrogens with zero attached hydrogens (tertiary/aromatic N) is 3. The van der Waals surface area contributed by atoms with Crippen molar-refractivity contribution < 1.29 is 0 Å². The third-order valence-electron chi connectivity index (χ3n) is 2.86. The van der Waals surface area contributed by atoms with Gasteiger partial charge in [0.25, 0.3) is 0 Å². The summed E-state index contributed by atoms with van der Waals surface area (Å²) in [6.45, 7) is 5.76. The number of aromatic nitrogens is 2.